The van der Waals surface area contributed by atoms with Crippen molar-refractivity contribution >= 4 is 94.1 Å². The molecule has 0 fully saturated rings. The maximum absolute atomic E-state index is 14.3. The van der Waals surface area contributed by atoms with Gasteiger partial charge in [0.1, 0.15) is 0 Å². The summed E-state index contributed by atoms with van der Waals surface area (Å²) in [6.07, 6.45) is 0. The highest BCUT2D eigenvalue weighted by Crippen LogP contribution is 2.50. The molecule has 4 heterocycles. The first kappa shape index (κ1) is 29.8. The lowest BCUT2D eigenvalue weighted by molar-refractivity contribution is 0.0893. The van der Waals surface area contributed by atoms with Crippen molar-refractivity contribution in [2.45, 2.75) is 39.5 Å². The minimum atomic E-state index is -0.264. The number of nitrogens with zero attached hydrogens (tertiary/aromatic N) is 1. The Kier molecular flexibility index (Phi) is 7.78. The van der Waals surface area contributed by atoms with Crippen molar-refractivity contribution in [3.8, 4) is 30.6 Å². The van der Waals surface area contributed by atoms with Gasteiger partial charge in [0.2, 0.25) is 0 Å². The van der Waals surface area contributed by atoms with Crippen molar-refractivity contribution in [3.63, 3.8) is 0 Å². The summed E-state index contributed by atoms with van der Waals surface area (Å²) in [5, 5.41) is 1.65. The highest BCUT2D eigenvalue weighted by molar-refractivity contribution is 9.11. The van der Waals surface area contributed by atoms with Gasteiger partial charge in [-0.05, 0) is 108 Å². The lowest BCUT2D eigenvalue weighted by atomic mass is 9.87. The van der Waals surface area contributed by atoms with E-state index in [2.05, 4.69) is 96.0 Å². The average molecular weight is 762 g/mol. The second-order valence-corrected chi connectivity index (χ2v) is 17.5. The van der Waals surface area contributed by atoms with Crippen molar-refractivity contribution in [2.24, 2.45) is 0 Å². The van der Waals surface area contributed by atoms with Crippen LogP contribution in [0.3, 0.4) is 0 Å². The average Bonchev–Trinajstić information content (AvgIpc) is 3.75. The van der Waals surface area contributed by atoms with Crippen molar-refractivity contribution in [1.29, 1.82) is 0 Å². The van der Waals surface area contributed by atoms with Crippen molar-refractivity contribution in [3.05, 3.63) is 109 Å². The van der Waals surface area contributed by atoms with Crippen molar-refractivity contribution < 1.29 is 9.59 Å². The molecule has 2 amide bonds. The molecule has 1 aliphatic heterocycles. The third-order valence-corrected chi connectivity index (χ3v) is 12.7. The van der Waals surface area contributed by atoms with E-state index >= 15 is 0 Å². The molecule has 0 radical (unpaired) electrons. The van der Waals surface area contributed by atoms with E-state index in [4.69, 9.17) is 0 Å². The number of carbonyl (C=O) groups is 2. The Bertz CT molecular complexity index is 2010. The first-order chi connectivity index (χ1) is 21.1. The maximum atomic E-state index is 14.3. The van der Waals surface area contributed by atoms with Gasteiger partial charge in [-0.3, -0.25) is 9.59 Å². The molecule has 220 valence electrons. The van der Waals surface area contributed by atoms with Crippen LogP contribution in [0.2, 0.25) is 0 Å². The SMILES string of the molecule is CC(C)c1cccc(C(C)C)c1N1C(=O)c2cccc3c(-c4cc(-c5ccc(Br)s5)c(-c5ccc(Br)s5)s4)ccc(c23)C1=O. The number of benzene rings is 3. The summed E-state index contributed by atoms with van der Waals surface area (Å²) in [4.78, 5) is 34.8. The normalized spacial score (nSPS) is 13.2. The minimum Gasteiger partial charge on any atom is -0.268 e. The van der Waals surface area contributed by atoms with E-state index in [1.54, 1.807) is 34.0 Å². The topological polar surface area (TPSA) is 37.4 Å². The van der Waals surface area contributed by atoms with Crippen molar-refractivity contribution in [1.82, 2.24) is 0 Å². The van der Waals surface area contributed by atoms with Crippen LogP contribution in [-0.4, -0.2) is 11.8 Å². The molecule has 3 aromatic heterocycles. The molecule has 0 unspecified atom stereocenters. The molecule has 1 aliphatic rings. The number of carbonyl (C=O) groups excluding carboxylic acids is 2. The van der Waals surface area contributed by atoms with E-state index in [1.807, 2.05) is 42.5 Å². The molecule has 0 saturated heterocycles. The predicted molar refractivity (Wildman–Crippen MR) is 195 cm³/mol. The molecule has 8 heteroatoms. The zero-order valence-electron chi connectivity index (χ0n) is 24.4. The van der Waals surface area contributed by atoms with Crippen LogP contribution in [0.5, 0.6) is 0 Å². The van der Waals surface area contributed by atoms with Gasteiger partial charge in [0, 0.05) is 36.7 Å². The first-order valence-corrected chi connectivity index (χ1v) is 18.4. The Hall–Kier alpha value is -2.88. The summed E-state index contributed by atoms with van der Waals surface area (Å²) in [5.74, 6) is -0.225. The number of hydrogen-bond acceptors (Lipinski definition) is 5. The summed E-state index contributed by atoms with van der Waals surface area (Å²) >= 11 is 12.4. The van der Waals surface area contributed by atoms with Gasteiger partial charge in [-0.15, -0.1) is 34.0 Å². The molecular weight excluding hydrogens is 734 g/mol. The molecule has 7 rings (SSSR count). The molecule has 44 heavy (non-hydrogen) atoms. The Labute approximate surface area is 285 Å². The second-order valence-electron chi connectivity index (χ2n) is 11.5. The van der Waals surface area contributed by atoms with Gasteiger partial charge in [-0.1, -0.05) is 64.1 Å². The Morgan fingerprint density at radius 3 is 1.75 bits per heavy atom. The van der Waals surface area contributed by atoms with Crippen LogP contribution < -0.4 is 4.90 Å². The van der Waals surface area contributed by atoms with Gasteiger partial charge in [0.15, 0.2) is 0 Å². The summed E-state index contributed by atoms with van der Waals surface area (Å²) in [6.45, 7) is 8.43. The van der Waals surface area contributed by atoms with E-state index in [1.165, 1.54) is 25.1 Å². The van der Waals surface area contributed by atoms with Crippen LogP contribution in [0.15, 0.2) is 86.4 Å². The number of imide groups is 1. The molecule has 0 atom stereocenters. The highest BCUT2D eigenvalue weighted by atomic mass is 79.9. The quantitative estimate of drug-likeness (QED) is 0.159. The summed E-state index contributed by atoms with van der Waals surface area (Å²) in [7, 11) is 0. The minimum absolute atomic E-state index is 0.152. The van der Waals surface area contributed by atoms with Crippen LogP contribution >= 0.6 is 65.9 Å². The molecule has 0 N–H and O–H groups in total. The maximum Gasteiger partial charge on any atom is 0.266 e. The van der Waals surface area contributed by atoms with Gasteiger partial charge in [0.05, 0.1) is 18.1 Å². The summed E-state index contributed by atoms with van der Waals surface area (Å²) in [5.41, 5.74) is 6.07. The number of hydrogen-bond donors (Lipinski definition) is 0. The van der Waals surface area contributed by atoms with E-state index in [9.17, 15) is 9.59 Å². The monoisotopic (exact) mass is 759 g/mol. The van der Waals surface area contributed by atoms with Crippen LogP contribution in [0, 0.1) is 0 Å². The zero-order valence-corrected chi connectivity index (χ0v) is 30.0. The third kappa shape index (κ3) is 4.86. The number of amides is 2. The molecular formula is C36H27Br2NO2S3. The van der Waals surface area contributed by atoms with Gasteiger partial charge in [0.25, 0.3) is 11.8 Å². The number of halogens is 2. The molecule has 0 spiro atoms. The highest BCUT2D eigenvalue weighted by Gasteiger charge is 2.37. The first-order valence-electron chi connectivity index (χ1n) is 14.4. The molecule has 0 saturated carbocycles. The Morgan fingerprint density at radius 2 is 1.16 bits per heavy atom. The van der Waals surface area contributed by atoms with Crippen LogP contribution in [0.25, 0.3) is 41.4 Å². The molecule has 6 aromatic rings. The van der Waals surface area contributed by atoms with E-state index in [0.29, 0.717) is 11.1 Å². The van der Waals surface area contributed by atoms with Gasteiger partial charge >= 0.3 is 0 Å². The smallest absolute Gasteiger partial charge is 0.266 e. The number of rotatable bonds is 6. The fourth-order valence-corrected chi connectivity index (χ4v) is 10.3. The second kappa shape index (κ2) is 11.5. The largest absolute Gasteiger partial charge is 0.268 e. The van der Waals surface area contributed by atoms with E-state index < -0.39 is 0 Å². The van der Waals surface area contributed by atoms with Gasteiger partial charge in [-0.2, -0.15) is 0 Å². The summed E-state index contributed by atoms with van der Waals surface area (Å²) < 4.78 is 2.17. The van der Waals surface area contributed by atoms with Crippen LogP contribution in [-0.2, 0) is 0 Å². The van der Waals surface area contributed by atoms with Crippen LogP contribution in [0.1, 0.15) is 71.4 Å². The molecule has 0 aliphatic carbocycles. The molecule has 3 nitrogen and oxygen atoms in total. The lowest BCUT2D eigenvalue weighted by Gasteiger charge is -2.32. The standard InChI is InChI=1S/C36H27Br2NO2S3/c1-18(2)20-7-5-8-21(19(3)4)33(20)39-35(40)24-10-6-9-23-22(11-12-25(32(23)24)36(39)41)29-17-26(27-13-15-30(37)42-27)34(44-29)28-14-16-31(38)43-28/h5-19H,1-4H3. The fraction of sp³-hybridized carbons (Fsp3) is 0.167. The Morgan fingerprint density at radius 1 is 0.591 bits per heavy atom. The molecule has 0 bridgehead atoms. The lowest BCUT2D eigenvalue weighted by Crippen LogP contribution is -2.41. The van der Waals surface area contributed by atoms with Gasteiger partial charge in [-0.25, -0.2) is 4.90 Å². The predicted octanol–water partition coefficient (Wildman–Crippen LogP) is 12.6. The molecule has 3 aromatic carbocycles. The summed E-state index contributed by atoms with van der Waals surface area (Å²) in [6, 6.07) is 26.6. The van der Waals surface area contributed by atoms with E-state index in [-0.39, 0.29) is 23.7 Å². The Balaban J connectivity index is 1.42. The van der Waals surface area contributed by atoms with E-state index in [0.717, 1.165) is 45.6 Å². The third-order valence-electron chi connectivity index (χ3n) is 8.11. The van der Waals surface area contributed by atoms with Gasteiger partial charge < -0.3 is 0 Å². The van der Waals surface area contributed by atoms with Crippen LogP contribution in [0.4, 0.5) is 5.69 Å². The number of thiophene rings is 3. The fourth-order valence-electron chi connectivity index (χ4n) is 6.07. The number of para-hydroxylation sites is 1. The van der Waals surface area contributed by atoms with Crippen molar-refractivity contribution in [2.75, 3.05) is 4.90 Å². The zero-order chi connectivity index (χ0) is 30.9. The number of anilines is 1.